The van der Waals surface area contributed by atoms with Crippen LogP contribution in [0, 0.1) is 5.92 Å². The Morgan fingerprint density at radius 3 is 2.00 bits per heavy atom. The highest BCUT2D eigenvalue weighted by Gasteiger charge is 2.50. The van der Waals surface area contributed by atoms with Crippen molar-refractivity contribution in [3.05, 3.63) is 77.9 Å². The largest absolute Gasteiger partial charge is 0.504 e. The van der Waals surface area contributed by atoms with Crippen LogP contribution in [0.4, 0.5) is 5.69 Å². The van der Waals surface area contributed by atoms with Crippen LogP contribution in [0.1, 0.15) is 81.1 Å². The number of methoxy groups -OCH3 is 1. The maximum atomic E-state index is 15.0. The van der Waals surface area contributed by atoms with Crippen molar-refractivity contribution in [1.29, 1.82) is 0 Å². The number of rotatable bonds is 25. The Labute approximate surface area is 576 Å². The van der Waals surface area contributed by atoms with E-state index in [9.17, 15) is 93.2 Å². The monoisotopic (exact) mass is 1430 g/mol. The number of carbonyl (C=O) groups excluding carboxylic acids is 7. The minimum Gasteiger partial charge on any atom is -0.504 e. The average molecular weight is 1430 g/mol. The number of β-amino-alcohol motifs (C(OH)–C–C–N with tert-alkyl or cyclic N) is 1. The number of hydrogen-bond donors (Lipinski definition) is 18. The van der Waals surface area contributed by atoms with Gasteiger partial charge in [-0.15, -0.1) is 10.2 Å². The fraction of sp³-hybridized carbons (Fsp3) is 0.578. The van der Waals surface area contributed by atoms with Crippen LogP contribution < -0.4 is 41.0 Å². The molecule has 4 aromatic rings. The molecule has 0 saturated carbocycles. The number of piperidine rings is 1. The highest BCUT2D eigenvalue weighted by atomic mass is 32.3. The molecule has 1 aromatic heterocycles. The summed E-state index contributed by atoms with van der Waals surface area (Å²) in [6, 6.07) is 4.60. The molecule has 546 valence electrons. The summed E-state index contributed by atoms with van der Waals surface area (Å²) in [4.78, 5) is 106. The number of amides is 7. The molecule has 3 aromatic carbocycles. The summed E-state index contributed by atoms with van der Waals surface area (Å²) < 4.78 is 44.7. The molecule has 4 fully saturated rings. The number of aliphatic hydroxyl groups is 8. The Morgan fingerprint density at radius 2 is 1.36 bits per heavy atom. The summed E-state index contributed by atoms with van der Waals surface area (Å²) in [7, 11) is 1.70. The van der Waals surface area contributed by atoms with Crippen molar-refractivity contribution >= 4 is 69.5 Å². The third kappa shape index (κ3) is 20.9. The predicted octanol–water partition coefficient (Wildman–Crippen LogP) is -1.82. The van der Waals surface area contributed by atoms with Crippen LogP contribution in [0.5, 0.6) is 11.5 Å². The maximum absolute atomic E-state index is 15.0. The number of nitrogens with one attached hydrogen (secondary N) is 6. The van der Waals surface area contributed by atoms with E-state index in [1.54, 1.807) is 19.2 Å². The summed E-state index contributed by atoms with van der Waals surface area (Å²) in [6.07, 6.45) is -7.93. The lowest BCUT2D eigenvalue weighted by Gasteiger charge is -2.34. The van der Waals surface area contributed by atoms with Gasteiger partial charge in [-0.1, -0.05) is 36.5 Å². The van der Waals surface area contributed by atoms with Crippen LogP contribution in [0.15, 0.2) is 66.7 Å². The molecular weight excluding hydrogens is 1340 g/mol. The lowest BCUT2D eigenvalue weighted by atomic mass is 9.98. The molecule has 99 heavy (non-hydrogen) atoms. The zero-order valence-electron chi connectivity index (χ0n) is 54.9. The number of ether oxygens (including phenoxy) is 2. The Bertz CT molecular complexity index is 3360. The van der Waals surface area contributed by atoms with E-state index in [0.717, 1.165) is 98.5 Å². The molecule has 0 bridgehead atoms. The van der Waals surface area contributed by atoms with Crippen LogP contribution in [0.2, 0.25) is 0 Å². The van der Waals surface area contributed by atoms with Gasteiger partial charge in [-0.25, -0.2) is 0 Å². The van der Waals surface area contributed by atoms with E-state index < -0.39 is 201 Å². The third-order valence-electron chi connectivity index (χ3n) is 17.8. The van der Waals surface area contributed by atoms with E-state index in [1.807, 2.05) is 24.3 Å². The maximum Gasteiger partial charge on any atom is 0.266 e. The van der Waals surface area contributed by atoms with Gasteiger partial charge in [0.2, 0.25) is 35.4 Å². The van der Waals surface area contributed by atoms with Crippen molar-refractivity contribution in [2.45, 2.75) is 157 Å². The number of benzene rings is 3. The Hall–Kier alpha value is -7.30. The van der Waals surface area contributed by atoms with Gasteiger partial charge < -0.3 is 106 Å². The van der Waals surface area contributed by atoms with E-state index in [1.165, 1.54) is 36.5 Å². The number of fused-ring (bicyclic) bond motifs is 2. The average Bonchev–Trinajstić information content (AvgIpc) is 1.69. The van der Waals surface area contributed by atoms with Gasteiger partial charge in [-0.2, -0.15) is 0 Å². The van der Waals surface area contributed by atoms with Crippen LogP contribution in [-0.4, -0.2) is 279 Å². The number of aromatic hydroxyl groups is 1. The van der Waals surface area contributed by atoms with E-state index >= 15 is 0 Å². The minimum atomic E-state index is -4.75. The van der Waals surface area contributed by atoms with Crippen LogP contribution in [0.25, 0.3) is 21.1 Å². The third-order valence-corrected chi connectivity index (χ3v) is 19.2. The molecule has 7 amide bonds. The zero-order valence-corrected chi connectivity index (χ0v) is 56.6. The molecule has 4 saturated heterocycles. The number of phenols is 1. The molecule has 4 aliphatic heterocycles. The first-order chi connectivity index (χ1) is 47.2. The van der Waals surface area contributed by atoms with Gasteiger partial charge in [0.1, 0.15) is 46.3 Å². The molecule has 4 aliphatic rings. The topological polar surface area (TPSA) is 498 Å². The quantitative estimate of drug-likeness (QED) is 0.0325. The highest BCUT2D eigenvalue weighted by molar-refractivity contribution is 8.15. The second kappa shape index (κ2) is 35.8. The first kappa shape index (κ1) is 77.4. The molecule has 8 rings (SSSR count). The molecular formula is C64H91N11O22S2. The van der Waals surface area contributed by atoms with Gasteiger partial charge in [0.15, 0.2) is 11.5 Å². The lowest BCUT2D eigenvalue weighted by Crippen LogP contribution is -2.64. The summed E-state index contributed by atoms with van der Waals surface area (Å²) in [5.41, 5.74) is 2.43. The lowest BCUT2D eigenvalue weighted by molar-refractivity contribution is -0.147. The van der Waals surface area contributed by atoms with Gasteiger partial charge in [0, 0.05) is 101 Å². The van der Waals surface area contributed by atoms with Gasteiger partial charge in [-0.05, 0) is 106 Å². The number of unbranched alkanes of at least 4 members (excludes halogenated alkanes) is 2. The molecule has 33 nitrogen and oxygen atoms in total. The van der Waals surface area contributed by atoms with Crippen molar-refractivity contribution in [3.63, 3.8) is 0 Å². The second-order valence-electron chi connectivity index (χ2n) is 25.3. The molecule has 0 aliphatic carbocycles. The van der Waals surface area contributed by atoms with Crippen molar-refractivity contribution in [2.24, 2.45) is 5.92 Å². The number of carbonyl (C=O) groups is 7. The first-order valence-electron chi connectivity index (χ1n) is 32.7. The molecule has 0 radical (unpaired) electrons. The van der Waals surface area contributed by atoms with E-state index in [4.69, 9.17) is 9.47 Å². The van der Waals surface area contributed by atoms with Gasteiger partial charge in [0.25, 0.3) is 17.1 Å². The van der Waals surface area contributed by atoms with E-state index in [-0.39, 0.29) is 30.3 Å². The van der Waals surface area contributed by atoms with Crippen molar-refractivity contribution in [3.8, 4) is 32.6 Å². The number of aromatic nitrogens is 2. The fourth-order valence-electron chi connectivity index (χ4n) is 12.3. The Kier molecular flexibility index (Phi) is 28.0. The summed E-state index contributed by atoms with van der Waals surface area (Å²) >= 11 is -3.43. The van der Waals surface area contributed by atoms with E-state index in [2.05, 4.69) is 51.2 Å². The molecule has 5 heterocycles. The summed E-state index contributed by atoms with van der Waals surface area (Å²) in [5, 5.41) is 124. The Balaban J connectivity index is 1.04. The molecule has 35 heteroatoms. The fourth-order valence-corrected chi connectivity index (χ4v) is 13.5. The molecule has 1 unspecified atom stereocenters. The molecule has 13 atom stereocenters. The zero-order chi connectivity index (χ0) is 71.8. The summed E-state index contributed by atoms with van der Waals surface area (Å²) in [6.45, 7) is 2.73. The smallest absolute Gasteiger partial charge is 0.266 e. The van der Waals surface area contributed by atoms with Crippen molar-refractivity contribution in [2.75, 3.05) is 77.7 Å². The van der Waals surface area contributed by atoms with Crippen LogP contribution >= 0.6 is 22.5 Å². The highest BCUT2D eigenvalue weighted by Crippen LogP contribution is 2.41. The number of anilines is 1. The van der Waals surface area contributed by atoms with Crippen molar-refractivity contribution in [1.82, 2.24) is 51.9 Å². The number of aliphatic hydroxyl groups excluding tert-OH is 8. The minimum absolute atomic E-state index is 0.00204. The normalized spacial score (nSPS) is 25.4. The number of phenolic OH excluding ortho intramolecular Hbond substituents is 1. The summed E-state index contributed by atoms with van der Waals surface area (Å²) in [5.74, 6) is -10.5. The van der Waals surface area contributed by atoms with Gasteiger partial charge in [0.05, 0.1) is 62.0 Å². The standard InChI is InChI=1S/C64H91N11O22S2/c1-34-30-75-54(55(34)84)60(89)66-29-42(79)27-45(67-56(85)37-8-10-38(11-9-37)61-71-72-62(98-61)39-12-14-41(15-13-39)73-21-18-44(19-22-73)96-24-6-4-5-23-95-3)57(86)68-51(35(2)78)63(90)74-31-43(80)28-46(74)58(87)69-52(49(83)25-36-7-16-47(81)50(26-36)97-99(92,93)94)59(88)70-53(64(75)91)48(82)17-20-65-40(32-76)33-77/h7-16,26,34-35,40,42-46,48-49,51-55,65,76-84,92-94H,4-6,17-25,27-33H2,1-3H3,(H,66,89)(H,67,85)(H,68,86)(H,69,87)(H,70,88)/t34-,35+,42+,43+,45?,46-,48+,49+,51-,52-,53-,54-,55-/m0/s1. The number of hydrogen-bond acceptors (Lipinski definition) is 27. The molecule has 0 spiro atoms. The van der Waals surface area contributed by atoms with Gasteiger partial charge in [-0.3, -0.25) is 47.2 Å². The Morgan fingerprint density at radius 1 is 0.737 bits per heavy atom. The van der Waals surface area contributed by atoms with Crippen LogP contribution in [-0.2, 0) is 44.7 Å². The number of nitrogens with zero attached hydrogens (tertiary/aromatic N) is 5. The van der Waals surface area contributed by atoms with E-state index in [0.29, 0.717) is 15.6 Å². The second-order valence-corrected chi connectivity index (χ2v) is 27.4. The SMILES string of the molecule is COCCCCCOC1CCN(c2ccc(-c3nnc(-c4ccc(C(=O)NC5C[C@@H](O)CNC(=O)[C@@H]6[C@@H](O)[C@@H](C)CN6C(=O)[C@H]([C@H](O)CCNC(CO)CO)NC(=O)[C@H]([C@H](O)Cc6ccc(O)c(OS(O)(O)O)c6)NC(=O)[C@@H]6C[C@@H](O)CN6C(=O)[C@H]([C@@H](C)O)NC5=O)cc4)s3)cc2)CC1. The predicted molar refractivity (Wildman–Crippen MR) is 357 cm³/mol. The van der Waals surface area contributed by atoms with Gasteiger partial charge >= 0.3 is 0 Å². The van der Waals surface area contributed by atoms with Crippen LogP contribution in [0.3, 0.4) is 0 Å². The van der Waals surface area contributed by atoms with Crippen molar-refractivity contribution < 1.29 is 107 Å². The molecule has 18 N–H and O–H groups in total. The first-order valence-corrected chi connectivity index (χ1v) is 35.0.